The second-order valence-corrected chi connectivity index (χ2v) is 5.72. The van der Waals surface area contributed by atoms with Crippen molar-refractivity contribution in [2.75, 3.05) is 7.11 Å². The third-order valence-electron chi connectivity index (χ3n) is 3.85. The Labute approximate surface area is 153 Å². The molecule has 0 heterocycles. The van der Waals surface area contributed by atoms with Crippen molar-refractivity contribution in [3.8, 4) is 11.5 Å². The van der Waals surface area contributed by atoms with Gasteiger partial charge in [-0.2, -0.15) is 0 Å². The van der Waals surface area contributed by atoms with Crippen LogP contribution in [0.15, 0.2) is 78.9 Å². The van der Waals surface area contributed by atoms with E-state index in [2.05, 4.69) is 4.74 Å². The van der Waals surface area contributed by atoms with E-state index < -0.39 is 0 Å². The highest BCUT2D eigenvalue weighted by Crippen LogP contribution is 2.20. The van der Waals surface area contributed by atoms with Crippen LogP contribution in [0.25, 0.3) is 0 Å². The van der Waals surface area contributed by atoms with Crippen molar-refractivity contribution in [2.24, 2.45) is 0 Å². The number of benzene rings is 3. The number of esters is 1. The van der Waals surface area contributed by atoms with Crippen molar-refractivity contribution in [1.82, 2.24) is 0 Å². The lowest BCUT2D eigenvalue weighted by Crippen LogP contribution is -2.02. The molecule has 0 fully saturated rings. The molecule has 3 rings (SSSR count). The summed E-state index contributed by atoms with van der Waals surface area (Å²) in [6.45, 7) is 0.958. The molecule has 3 aromatic carbocycles. The van der Waals surface area contributed by atoms with Crippen LogP contribution in [-0.2, 0) is 18.0 Å². The van der Waals surface area contributed by atoms with Gasteiger partial charge in [0.05, 0.1) is 12.7 Å². The van der Waals surface area contributed by atoms with E-state index in [1.165, 1.54) is 7.11 Å². The van der Waals surface area contributed by atoms with E-state index >= 15 is 0 Å². The first kappa shape index (κ1) is 17.5. The Kier molecular flexibility index (Phi) is 5.88. The first-order valence-corrected chi connectivity index (χ1v) is 8.31. The Hall–Kier alpha value is -3.27. The van der Waals surface area contributed by atoms with Crippen LogP contribution in [-0.4, -0.2) is 13.1 Å². The molecule has 0 atom stereocenters. The Morgan fingerprint density at radius 3 is 1.69 bits per heavy atom. The van der Waals surface area contributed by atoms with E-state index in [-0.39, 0.29) is 5.97 Å². The predicted octanol–water partition coefficient (Wildman–Crippen LogP) is 4.63. The zero-order valence-electron chi connectivity index (χ0n) is 14.6. The highest BCUT2D eigenvalue weighted by atomic mass is 16.5. The van der Waals surface area contributed by atoms with Crippen molar-refractivity contribution in [2.45, 2.75) is 13.2 Å². The molecule has 0 bridgehead atoms. The molecule has 0 amide bonds. The Balaban J connectivity index is 1.50. The molecule has 0 radical (unpaired) electrons. The number of hydrogen-bond acceptors (Lipinski definition) is 4. The minimum atomic E-state index is -0.344. The lowest BCUT2D eigenvalue weighted by Gasteiger charge is -2.09. The molecular formula is C22H20O4. The second-order valence-electron chi connectivity index (χ2n) is 5.72. The number of carbonyl (C=O) groups is 1. The van der Waals surface area contributed by atoms with E-state index in [1.807, 2.05) is 66.7 Å². The van der Waals surface area contributed by atoms with Crippen LogP contribution in [0, 0.1) is 0 Å². The third-order valence-corrected chi connectivity index (χ3v) is 3.85. The number of hydrogen-bond donors (Lipinski definition) is 0. The lowest BCUT2D eigenvalue weighted by molar-refractivity contribution is 0.0600. The molecule has 0 saturated carbocycles. The number of methoxy groups -OCH3 is 1. The van der Waals surface area contributed by atoms with Gasteiger partial charge in [-0.15, -0.1) is 0 Å². The maximum absolute atomic E-state index is 11.4. The lowest BCUT2D eigenvalue weighted by atomic mass is 10.1. The highest BCUT2D eigenvalue weighted by molar-refractivity contribution is 5.89. The summed E-state index contributed by atoms with van der Waals surface area (Å²) in [6.07, 6.45) is 0. The summed E-state index contributed by atoms with van der Waals surface area (Å²) in [5.41, 5.74) is 2.63. The van der Waals surface area contributed by atoms with Crippen LogP contribution in [0.4, 0.5) is 0 Å². The summed E-state index contributed by atoms with van der Waals surface area (Å²) < 4.78 is 16.2. The smallest absolute Gasteiger partial charge is 0.337 e. The van der Waals surface area contributed by atoms with Crippen LogP contribution in [0.2, 0.25) is 0 Å². The van der Waals surface area contributed by atoms with Gasteiger partial charge in [0.15, 0.2) is 0 Å². The van der Waals surface area contributed by atoms with Crippen LogP contribution in [0.5, 0.6) is 11.5 Å². The normalized spacial score (nSPS) is 10.2. The van der Waals surface area contributed by atoms with Crippen molar-refractivity contribution in [3.63, 3.8) is 0 Å². The molecule has 4 heteroatoms. The Bertz CT molecular complexity index is 824. The van der Waals surface area contributed by atoms with Gasteiger partial charge in [0, 0.05) is 0 Å². The summed E-state index contributed by atoms with van der Waals surface area (Å²) in [7, 11) is 1.37. The summed E-state index contributed by atoms with van der Waals surface area (Å²) in [5.74, 6) is 1.21. The monoisotopic (exact) mass is 348 g/mol. The van der Waals surface area contributed by atoms with Crippen LogP contribution in [0.3, 0.4) is 0 Å². The summed E-state index contributed by atoms with van der Waals surface area (Å²) in [6, 6.07) is 24.7. The average Bonchev–Trinajstić information content (AvgIpc) is 2.72. The minimum absolute atomic E-state index is 0.344. The van der Waals surface area contributed by atoms with E-state index in [9.17, 15) is 4.79 Å². The first-order valence-electron chi connectivity index (χ1n) is 8.31. The molecule has 0 aliphatic rings. The topological polar surface area (TPSA) is 44.8 Å². The Morgan fingerprint density at radius 2 is 1.19 bits per heavy atom. The van der Waals surface area contributed by atoms with Crippen LogP contribution >= 0.6 is 0 Å². The van der Waals surface area contributed by atoms with Gasteiger partial charge in [-0.25, -0.2) is 4.79 Å². The zero-order chi connectivity index (χ0) is 18.2. The van der Waals surface area contributed by atoms with Gasteiger partial charge in [0.1, 0.15) is 24.7 Å². The van der Waals surface area contributed by atoms with Crippen molar-refractivity contribution >= 4 is 5.97 Å². The molecule has 132 valence electrons. The maximum atomic E-state index is 11.4. The minimum Gasteiger partial charge on any atom is -0.489 e. The quantitative estimate of drug-likeness (QED) is 0.584. The summed E-state index contributed by atoms with van der Waals surface area (Å²) >= 11 is 0. The van der Waals surface area contributed by atoms with Crippen LogP contribution in [0.1, 0.15) is 21.5 Å². The van der Waals surface area contributed by atoms with Gasteiger partial charge >= 0.3 is 5.97 Å². The zero-order valence-corrected chi connectivity index (χ0v) is 14.6. The molecule has 0 spiro atoms. The molecule has 0 saturated heterocycles. The van der Waals surface area contributed by atoms with Crippen molar-refractivity contribution < 1.29 is 19.0 Å². The molecular weight excluding hydrogens is 328 g/mol. The average molecular weight is 348 g/mol. The van der Waals surface area contributed by atoms with E-state index in [4.69, 9.17) is 9.47 Å². The van der Waals surface area contributed by atoms with Gasteiger partial charge in [-0.3, -0.25) is 0 Å². The molecule has 0 aromatic heterocycles. The van der Waals surface area contributed by atoms with Gasteiger partial charge in [0.25, 0.3) is 0 Å². The molecule has 0 aliphatic heterocycles. The first-order chi connectivity index (χ1) is 12.7. The van der Waals surface area contributed by atoms with Gasteiger partial charge < -0.3 is 14.2 Å². The molecule has 3 aromatic rings. The van der Waals surface area contributed by atoms with E-state index in [0.717, 1.165) is 22.6 Å². The Morgan fingerprint density at radius 1 is 0.692 bits per heavy atom. The molecule has 26 heavy (non-hydrogen) atoms. The SMILES string of the molecule is COC(=O)c1ccc(COc2ccc(OCc3ccccc3)cc2)cc1. The molecule has 0 unspecified atom stereocenters. The summed E-state index contributed by atoms with van der Waals surface area (Å²) in [4.78, 5) is 11.4. The summed E-state index contributed by atoms with van der Waals surface area (Å²) in [5, 5.41) is 0. The predicted molar refractivity (Wildman–Crippen MR) is 99.3 cm³/mol. The molecule has 0 N–H and O–H groups in total. The third kappa shape index (κ3) is 4.86. The van der Waals surface area contributed by atoms with Gasteiger partial charge in [-0.05, 0) is 47.5 Å². The fourth-order valence-corrected chi connectivity index (χ4v) is 2.39. The maximum Gasteiger partial charge on any atom is 0.337 e. The standard InChI is InChI=1S/C22H20O4/c1-24-22(23)19-9-7-18(8-10-19)16-26-21-13-11-20(12-14-21)25-15-17-5-3-2-4-6-17/h2-14H,15-16H2,1H3. The fraction of sp³-hybridized carbons (Fsp3) is 0.136. The second kappa shape index (κ2) is 8.72. The van der Waals surface area contributed by atoms with E-state index in [1.54, 1.807) is 12.1 Å². The highest BCUT2D eigenvalue weighted by Gasteiger charge is 2.04. The number of rotatable bonds is 7. The van der Waals surface area contributed by atoms with E-state index in [0.29, 0.717) is 18.8 Å². The van der Waals surface area contributed by atoms with Gasteiger partial charge in [-0.1, -0.05) is 42.5 Å². The molecule has 0 aliphatic carbocycles. The van der Waals surface area contributed by atoms with Crippen LogP contribution < -0.4 is 9.47 Å². The van der Waals surface area contributed by atoms with Crippen molar-refractivity contribution in [3.05, 3.63) is 95.6 Å². The van der Waals surface area contributed by atoms with Gasteiger partial charge in [0.2, 0.25) is 0 Å². The fourth-order valence-electron chi connectivity index (χ4n) is 2.39. The largest absolute Gasteiger partial charge is 0.489 e. The number of carbonyl (C=O) groups excluding carboxylic acids is 1. The number of ether oxygens (including phenoxy) is 3. The van der Waals surface area contributed by atoms with Crippen molar-refractivity contribution in [1.29, 1.82) is 0 Å². The molecule has 4 nitrogen and oxygen atoms in total.